The van der Waals surface area contributed by atoms with Gasteiger partial charge in [-0.15, -0.1) is 0 Å². The molecule has 5 rings (SSSR count). The summed E-state index contributed by atoms with van der Waals surface area (Å²) in [5.74, 6) is 2.14. The van der Waals surface area contributed by atoms with Gasteiger partial charge in [0, 0.05) is 64.7 Å². The van der Waals surface area contributed by atoms with Crippen molar-refractivity contribution in [1.29, 1.82) is 0 Å². The third kappa shape index (κ3) is 3.28. The summed E-state index contributed by atoms with van der Waals surface area (Å²) in [4.78, 5) is 2.69. The molecule has 166 valence electrons. The van der Waals surface area contributed by atoms with Gasteiger partial charge in [-0.05, 0) is 37.6 Å². The van der Waals surface area contributed by atoms with Crippen LogP contribution in [0.5, 0.6) is 0 Å². The molecule has 0 aromatic rings. The number of hydrogen-bond donors (Lipinski definition) is 1. The monoisotopic (exact) mass is 411 g/mol. The number of methoxy groups -OCH3 is 3. The van der Waals surface area contributed by atoms with Gasteiger partial charge in [-0.1, -0.05) is 0 Å². The maximum absolute atomic E-state index is 10.2. The van der Waals surface area contributed by atoms with E-state index in [2.05, 4.69) is 4.90 Å². The Morgan fingerprint density at radius 1 is 0.966 bits per heavy atom. The van der Waals surface area contributed by atoms with Crippen molar-refractivity contribution in [2.24, 2.45) is 29.6 Å². The lowest BCUT2D eigenvalue weighted by atomic mass is 9.59. The molecule has 0 amide bonds. The highest BCUT2D eigenvalue weighted by molar-refractivity contribution is 5.08. The zero-order chi connectivity index (χ0) is 20.1. The second kappa shape index (κ2) is 8.34. The Labute approximate surface area is 173 Å². The summed E-state index contributed by atoms with van der Waals surface area (Å²) < 4.78 is 29.6. The molecule has 29 heavy (non-hydrogen) atoms. The number of aliphatic hydroxyl groups is 1. The van der Waals surface area contributed by atoms with E-state index in [9.17, 15) is 5.11 Å². The summed E-state index contributed by atoms with van der Waals surface area (Å²) >= 11 is 0. The molecule has 0 bridgehead atoms. The largest absolute Gasteiger partial charge is 0.396 e. The van der Waals surface area contributed by atoms with E-state index < -0.39 is 0 Å². The fourth-order valence-electron chi connectivity index (χ4n) is 7.66. The Kier molecular flexibility index (Phi) is 5.93. The minimum absolute atomic E-state index is 0.0531. The predicted octanol–water partition coefficient (Wildman–Crippen LogP) is 1.13. The molecule has 11 atom stereocenters. The number of piperidine rings is 2. The van der Waals surface area contributed by atoms with Gasteiger partial charge in [-0.25, -0.2) is 0 Å². The Balaban J connectivity index is 1.43. The molecule has 2 aliphatic carbocycles. The van der Waals surface area contributed by atoms with E-state index in [1.165, 1.54) is 6.42 Å². The van der Waals surface area contributed by atoms with Crippen LogP contribution in [0.1, 0.15) is 25.7 Å². The van der Waals surface area contributed by atoms with Crippen LogP contribution in [0.25, 0.3) is 0 Å². The van der Waals surface area contributed by atoms with Crippen molar-refractivity contribution in [3.05, 3.63) is 0 Å². The quantitative estimate of drug-likeness (QED) is 0.744. The molecule has 7 heteroatoms. The van der Waals surface area contributed by atoms with E-state index in [4.69, 9.17) is 23.7 Å². The van der Waals surface area contributed by atoms with Gasteiger partial charge in [-0.3, -0.25) is 4.90 Å². The highest BCUT2D eigenvalue weighted by Gasteiger charge is 2.58. The maximum atomic E-state index is 10.2. The highest BCUT2D eigenvalue weighted by atomic mass is 16.7. The molecule has 2 saturated carbocycles. The minimum Gasteiger partial charge on any atom is -0.396 e. The molecule has 0 radical (unpaired) electrons. The van der Waals surface area contributed by atoms with Gasteiger partial charge in [0.25, 0.3) is 0 Å². The van der Waals surface area contributed by atoms with Crippen LogP contribution < -0.4 is 0 Å². The molecule has 0 aromatic heterocycles. The van der Waals surface area contributed by atoms with Crippen LogP contribution in [0.3, 0.4) is 0 Å². The van der Waals surface area contributed by atoms with Crippen molar-refractivity contribution in [2.75, 3.05) is 47.8 Å². The Morgan fingerprint density at radius 2 is 1.79 bits per heavy atom. The molecule has 0 aromatic carbocycles. The summed E-state index contributed by atoms with van der Waals surface area (Å²) in [5, 5.41) is 10.2. The third-order valence-electron chi connectivity index (χ3n) is 8.96. The van der Waals surface area contributed by atoms with E-state index in [0.717, 1.165) is 32.4 Å². The van der Waals surface area contributed by atoms with Crippen LogP contribution in [0, 0.1) is 29.6 Å². The van der Waals surface area contributed by atoms with Crippen molar-refractivity contribution >= 4 is 0 Å². The molecule has 3 saturated heterocycles. The van der Waals surface area contributed by atoms with Crippen LogP contribution in [0.2, 0.25) is 0 Å². The average molecular weight is 412 g/mol. The lowest BCUT2D eigenvalue weighted by Gasteiger charge is -2.59. The van der Waals surface area contributed by atoms with Crippen LogP contribution in [0.4, 0.5) is 0 Å². The smallest absolute Gasteiger partial charge is 0.147 e. The first kappa shape index (κ1) is 20.6. The molecule has 5 aliphatic rings. The van der Waals surface area contributed by atoms with Gasteiger partial charge in [0.15, 0.2) is 0 Å². The Morgan fingerprint density at radius 3 is 2.52 bits per heavy atom. The van der Waals surface area contributed by atoms with Crippen LogP contribution in [-0.2, 0) is 23.7 Å². The van der Waals surface area contributed by atoms with Gasteiger partial charge in [-0.2, -0.15) is 0 Å². The highest BCUT2D eigenvalue weighted by Crippen LogP contribution is 2.51. The standard InChI is InChI=1S/C22H37NO6/c1-25-17-8-18(26-2)15(10-24)13-7-16-20-12(4-5-23(16)9-14(13)17)6-19-21(22(20)27-3)29-11-28-19/h12-22,24H,4-11H2,1-3H3. The van der Waals surface area contributed by atoms with E-state index in [1.807, 2.05) is 14.2 Å². The normalized spacial score (nSPS) is 52.3. The fraction of sp³-hybridized carbons (Fsp3) is 1.00. The molecular weight excluding hydrogens is 374 g/mol. The van der Waals surface area contributed by atoms with Crippen molar-refractivity contribution in [2.45, 2.75) is 62.2 Å². The second-order valence-electron chi connectivity index (χ2n) is 9.77. The summed E-state index contributed by atoms with van der Waals surface area (Å²) in [6, 6.07) is 0.465. The summed E-state index contributed by atoms with van der Waals surface area (Å²) in [6.07, 6.45) is 4.82. The number of ether oxygens (including phenoxy) is 5. The zero-order valence-corrected chi connectivity index (χ0v) is 17.9. The van der Waals surface area contributed by atoms with Gasteiger partial charge in [0.05, 0.1) is 24.4 Å². The van der Waals surface area contributed by atoms with Gasteiger partial charge < -0.3 is 28.8 Å². The van der Waals surface area contributed by atoms with E-state index >= 15 is 0 Å². The number of aliphatic hydroxyl groups excluding tert-OH is 1. The van der Waals surface area contributed by atoms with Crippen molar-refractivity contribution in [3.8, 4) is 0 Å². The molecule has 3 heterocycles. The second-order valence-corrected chi connectivity index (χ2v) is 9.77. The molecular formula is C22H37NO6. The van der Waals surface area contributed by atoms with Crippen molar-refractivity contribution in [1.82, 2.24) is 4.90 Å². The topological polar surface area (TPSA) is 69.6 Å². The van der Waals surface area contributed by atoms with Crippen LogP contribution in [-0.4, -0.2) is 94.4 Å². The Hall–Kier alpha value is -0.280. The SMILES string of the molecule is COC1CC(OC)C2CN3CCC4CC5OCOC5C(OC)C4C3CC2C1CO. The first-order chi connectivity index (χ1) is 14.2. The van der Waals surface area contributed by atoms with Crippen LogP contribution in [0.15, 0.2) is 0 Å². The van der Waals surface area contributed by atoms with E-state index in [0.29, 0.717) is 36.5 Å². The Bertz CT molecular complexity index is 578. The van der Waals surface area contributed by atoms with Gasteiger partial charge in [0.1, 0.15) is 12.9 Å². The van der Waals surface area contributed by atoms with Crippen molar-refractivity contribution in [3.63, 3.8) is 0 Å². The molecule has 5 fully saturated rings. The average Bonchev–Trinajstić information content (AvgIpc) is 3.23. The lowest BCUT2D eigenvalue weighted by Crippen LogP contribution is -2.66. The van der Waals surface area contributed by atoms with Gasteiger partial charge in [0.2, 0.25) is 0 Å². The first-order valence-electron chi connectivity index (χ1n) is 11.4. The molecule has 0 spiro atoms. The summed E-state index contributed by atoms with van der Waals surface area (Å²) in [7, 11) is 5.42. The lowest BCUT2D eigenvalue weighted by molar-refractivity contribution is -0.183. The van der Waals surface area contributed by atoms with Gasteiger partial charge >= 0.3 is 0 Å². The predicted molar refractivity (Wildman–Crippen MR) is 105 cm³/mol. The minimum atomic E-state index is 0.0531. The maximum Gasteiger partial charge on any atom is 0.147 e. The fourth-order valence-corrected chi connectivity index (χ4v) is 7.66. The molecule has 3 aliphatic heterocycles. The summed E-state index contributed by atoms with van der Waals surface area (Å²) in [6.45, 7) is 2.77. The molecule has 7 nitrogen and oxygen atoms in total. The summed E-state index contributed by atoms with van der Waals surface area (Å²) in [5.41, 5.74) is 0. The van der Waals surface area contributed by atoms with E-state index in [-0.39, 0.29) is 43.0 Å². The van der Waals surface area contributed by atoms with E-state index in [1.54, 1.807) is 7.11 Å². The van der Waals surface area contributed by atoms with Crippen LogP contribution >= 0.6 is 0 Å². The first-order valence-corrected chi connectivity index (χ1v) is 11.4. The number of rotatable bonds is 4. The number of fused-ring (bicyclic) bond motifs is 5. The third-order valence-corrected chi connectivity index (χ3v) is 8.96. The zero-order valence-electron chi connectivity index (χ0n) is 17.9. The number of nitrogens with zero attached hydrogens (tertiary/aromatic N) is 1. The number of hydrogen-bond acceptors (Lipinski definition) is 7. The molecule has 11 unspecified atom stereocenters. The van der Waals surface area contributed by atoms with Crippen molar-refractivity contribution < 1.29 is 28.8 Å². The molecule has 1 N–H and O–H groups in total.